The third kappa shape index (κ3) is 5.18. The van der Waals surface area contributed by atoms with Gasteiger partial charge in [-0.15, -0.1) is 0 Å². The monoisotopic (exact) mass is 289 g/mol. The maximum absolute atomic E-state index is 11.9. The zero-order valence-corrected chi connectivity index (χ0v) is 14.2. The Labute approximate surface area is 130 Å². The number of carbonyl (C=O) groups excluding carboxylic acids is 1. The van der Waals surface area contributed by atoms with Crippen LogP contribution < -0.4 is 4.90 Å². The van der Waals surface area contributed by atoms with Crippen LogP contribution in [-0.2, 0) is 4.79 Å². The van der Waals surface area contributed by atoms with Gasteiger partial charge in [-0.25, -0.2) is 0 Å². The molecule has 1 aromatic rings. The van der Waals surface area contributed by atoms with Crippen molar-refractivity contribution in [2.24, 2.45) is 0 Å². The minimum atomic E-state index is 0.275. The molecule has 0 atom stereocenters. The largest absolute Gasteiger partial charge is 0.312 e. The summed E-state index contributed by atoms with van der Waals surface area (Å²) in [5.74, 6) is 0.924. The van der Waals surface area contributed by atoms with Gasteiger partial charge in [0.25, 0.3) is 0 Å². The minimum absolute atomic E-state index is 0.275. The number of benzene rings is 1. The number of rotatable bonds is 4. The molecule has 0 N–H and O–H groups in total. The van der Waals surface area contributed by atoms with Crippen molar-refractivity contribution in [3.63, 3.8) is 0 Å². The molecule has 1 aliphatic heterocycles. The fourth-order valence-corrected chi connectivity index (χ4v) is 2.77. The molecule has 1 saturated heterocycles. The van der Waals surface area contributed by atoms with Crippen LogP contribution in [0.3, 0.4) is 0 Å². The number of carbonyl (C=O) groups is 1. The summed E-state index contributed by atoms with van der Waals surface area (Å²) in [5, 5.41) is 0. The van der Waals surface area contributed by atoms with Crippen LogP contribution in [0.4, 0.5) is 5.69 Å². The molecule has 0 aliphatic carbocycles. The Balaban J connectivity index is 0.000000677. The lowest BCUT2D eigenvalue weighted by molar-refractivity contribution is -0.119. The van der Waals surface area contributed by atoms with Crippen molar-refractivity contribution in [3.8, 4) is 0 Å². The first-order valence-corrected chi connectivity index (χ1v) is 8.58. The summed E-state index contributed by atoms with van der Waals surface area (Å²) in [6.07, 6.45) is 6.48. The Bertz CT molecular complexity index is 406. The van der Waals surface area contributed by atoms with E-state index in [1.54, 1.807) is 0 Å². The van der Waals surface area contributed by atoms with E-state index in [-0.39, 0.29) is 5.91 Å². The molecule has 1 aliphatic rings. The summed E-state index contributed by atoms with van der Waals surface area (Å²) in [5.41, 5.74) is 2.46. The summed E-state index contributed by atoms with van der Waals surface area (Å²) in [6, 6.07) is 8.59. The third-order valence-electron chi connectivity index (χ3n) is 3.99. The van der Waals surface area contributed by atoms with E-state index in [9.17, 15) is 4.79 Å². The average Bonchev–Trinajstić information content (AvgIpc) is 2.51. The lowest BCUT2D eigenvalue weighted by Crippen LogP contribution is -2.35. The van der Waals surface area contributed by atoms with Gasteiger partial charge in [-0.2, -0.15) is 0 Å². The van der Waals surface area contributed by atoms with Crippen LogP contribution in [0.5, 0.6) is 0 Å². The van der Waals surface area contributed by atoms with E-state index < -0.39 is 0 Å². The fourth-order valence-electron chi connectivity index (χ4n) is 2.77. The van der Waals surface area contributed by atoms with E-state index in [2.05, 4.69) is 52.0 Å². The first kappa shape index (κ1) is 17.7. The van der Waals surface area contributed by atoms with Gasteiger partial charge in [-0.3, -0.25) is 4.79 Å². The van der Waals surface area contributed by atoms with E-state index in [1.807, 2.05) is 4.90 Å². The lowest BCUT2D eigenvalue weighted by Gasteiger charge is -2.27. The van der Waals surface area contributed by atoms with Crippen molar-refractivity contribution in [1.82, 2.24) is 0 Å². The Kier molecular flexibility index (Phi) is 8.11. The van der Waals surface area contributed by atoms with Crippen LogP contribution in [0.1, 0.15) is 77.7 Å². The van der Waals surface area contributed by atoms with Gasteiger partial charge >= 0.3 is 0 Å². The first-order valence-electron chi connectivity index (χ1n) is 8.58. The Morgan fingerprint density at radius 2 is 1.57 bits per heavy atom. The summed E-state index contributed by atoms with van der Waals surface area (Å²) in [6.45, 7) is 9.59. The molecule has 0 spiro atoms. The molecule has 1 heterocycles. The van der Waals surface area contributed by atoms with Gasteiger partial charge in [0.2, 0.25) is 5.91 Å². The van der Waals surface area contributed by atoms with E-state index >= 15 is 0 Å². The Hall–Kier alpha value is -1.31. The first-order chi connectivity index (χ1) is 10.2. The molecule has 0 aromatic heterocycles. The Morgan fingerprint density at radius 1 is 1.00 bits per heavy atom. The second kappa shape index (κ2) is 9.59. The summed E-state index contributed by atoms with van der Waals surface area (Å²) < 4.78 is 0. The minimum Gasteiger partial charge on any atom is -0.312 e. The fraction of sp³-hybridized carbons (Fsp3) is 0.632. The molecule has 1 aromatic carbocycles. The van der Waals surface area contributed by atoms with E-state index in [4.69, 9.17) is 0 Å². The highest BCUT2D eigenvalue weighted by Crippen LogP contribution is 2.26. The highest BCUT2D eigenvalue weighted by molar-refractivity contribution is 5.93. The van der Waals surface area contributed by atoms with Crippen LogP contribution in [0, 0.1) is 0 Å². The van der Waals surface area contributed by atoms with E-state index in [0.29, 0.717) is 12.3 Å². The number of anilines is 1. The third-order valence-corrected chi connectivity index (χ3v) is 3.99. The van der Waals surface area contributed by atoms with Gasteiger partial charge in [-0.1, -0.05) is 46.2 Å². The highest BCUT2D eigenvalue weighted by Gasteiger charge is 2.19. The smallest absolute Gasteiger partial charge is 0.226 e. The second-order valence-corrected chi connectivity index (χ2v) is 5.81. The van der Waals surface area contributed by atoms with Gasteiger partial charge in [0.1, 0.15) is 0 Å². The normalized spacial score (nSPS) is 14.9. The summed E-state index contributed by atoms with van der Waals surface area (Å²) >= 11 is 0. The lowest BCUT2D eigenvalue weighted by atomic mass is 9.94. The van der Waals surface area contributed by atoms with Crippen molar-refractivity contribution >= 4 is 11.6 Å². The molecule has 1 amide bonds. The maximum Gasteiger partial charge on any atom is 0.226 e. The standard InChI is InChI=1S/C16H23NO.C3H8/c1-3-13(4-2)14-8-10-15(11-9-14)17-12-6-5-7-16(17)18;1-3-2/h8-11,13H,3-7,12H2,1-2H3;3H2,1-2H3. The number of hydrogen-bond acceptors (Lipinski definition) is 1. The summed E-state index contributed by atoms with van der Waals surface area (Å²) in [4.78, 5) is 13.8. The van der Waals surface area contributed by atoms with Gasteiger partial charge < -0.3 is 4.90 Å². The zero-order chi connectivity index (χ0) is 15.7. The summed E-state index contributed by atoms with van der Waals surface area (Å²) in [7, 11) is 0. The molecule has 1 fully saturated rings. The second-order valence-electron chi connectivity index (χ2n) is 5.81. The van der Waals surface area contributed by atoms with Gasteiger partial charge in [0, 0.05) is 18.7 Å². The van der Waals surface area contributed by atoms with Crippen molar-refractivity contribution < 1.29 is 4.79 Å². The van der Waals surface area contributed by atoms with Crippen LogP contribution >= 0.6 is 0 Å². The predicted octanol–water partition coefficient (Wildman–Crippen LogP) is 5.52. The zero-order valence-electron chi connectivity index (χ0n) is 14.2. The highest BCUT2D eigenvalue weighted by atomic mass is 16.2. The molecule has 0 bridgehead atoms. The van der Waals surface area contributed by atoms with Gasteiger partial charge in [0.15, 0.2) is 0 Å². The number of amides is 1. The number of piperidine rings is 1. The molecule has 118 valence electrons. The SMILES string of the molecule is CCC.CCC(CC)c1ccc(N2CCCCC2=O)cc1. The van der Waals surface area contributed by atoms with Gasteiger partial charge in [0.05, 0.1) is 0 Å². The quantitative estimate of drug-likeness (QED) is 0.714. The molecule has 2 heteroatoms. The number of hydrogen-bond donors (Lipinski definition) is 0. The average molecular weight is 289 g/mol. The molecule has 0 saturated carbocycles. The van der Waals surface area contributed by atoms with E-state index in [0.717, 1.165) is 25.1 Å². The van der Waals surface area contributed by atoms with Crippen molar-refractivity contribution in [2.75, 3.05) is 11.4 Å². The predicted molar refractivity (Wildman–Crippen MR) is 91.9 cm³/mol. The molecule has 0 unspecified atom stereocenters. The molecule has 2 nitrogen and oxygen atoms in total. The molecule has 2 rings (SSSR count). The van der Waals surface area contributed by atoms with Crippen LogP contribution in [-0.4, -0.2) is 12.5 Å². The number of nitrogens with zero attached hydrogens (tertiary/aromatic N) is 1. The Morgan fingerprint density at radius 3 is 2.05 bits per heavy atom. The molecule has 0 radical (unpaired) electrons. The molecular formula is C19H31NO. The van der Waals surface area contributed by atoms with E-state index in [1.165, 1.54) is 24.8 Å². The maximum atomic E-state index is 11.9. The topological polar surface area (TPSA) is 20.3 Å². The van der Waals surface area contributed by atoms with Crippen LogP contribution in [0.25, 0.3) is 0 Å². The van der Waals surface area contributed by atoms with Crippen LogP contribution in [0.15, 0.2) is 24.3 Å². The van der Waals surface area contributed by atoms with Crippen molar-refractivity contribution in [1.29, 1.82) is 0 Å². The van der Waals surface area contributed by atoms with Gasteiger partial charge in [-0.05, 0) is 49.3 Å². The van der Waals surface area contributed by atoms with Crippen molar-refractivity contribution in [2.45, 2.75) is 72.1 Å². The van der Waals surface area contributed by atoms with Crippen molar-refractivity contribution in [3.05, 3.63) is 29.8 Å². The molecular weight excluding hydrogens is 258 g/mol. The van der Waals surface area contributed by atoms with Crippen LogP contribution in [0.2, 0.25) is 0 Å². The molecule has 21 heavy (non-hydrogen) atoms.